The van der Waals surface area contributed by atoms with Gasteiger partial charge in [-0.15, -0.1) is 0 Å². The first kappa shape index (κ1) is 17.8. The highest BCUT2D eigenvalue weighted by atomic mass is 32.1. The van der Waals surface area contributed by atoms with Gasteiger partial charge < -0.3 is 19.5 Å². The Morgan fingerprint density at radius 1 is 1.18 bits per heavy atom. The number of nitrogens with zero attached hydrogens (tertiary/aromatic N) is 1. The summed E-state index contributed by atoms with van der Waals surface area (Å²) in [4.78, 5) is 0. The molecule has 120 valence electrons. The number of ether oxygens (including phenoxy) is 3. The van der Waals surface area contributed by atoms with Crippen LogP contribution in [0.3, 0.4) is 0 Å². The second kappa shape index (κ2) is 8.89. The van der Waals surface area contributed by atoms with Crippen LogP contribution < -0.4 is 25.0 Å². The molecule has 7 heteroatoms. The van der Waals surface area contributed by atoms with Gasteiger partial charge >= 0.3 is 0 Å². The normalized spacial score (nSPS) is 10.2. The zero-order valence-corrected chi connectivity index (χ0v) is 14.0. The minimum atomic E-state index is 0.415. The van der Waals surface area contributed by atoms with Gasteiger partial charge in [0.05, 0.1) is 27.5 Å². The van der Waals surface area contributed by atoms with Crippen molar-refractivity contribution in [3.63, 3.8) is 0 Å². The van der Waals surface area contributed by atoms with Crippen LogP contribution >= 0.6 is 12.2 Å². The molecule has 1 aromatic carbocycles. The summed E-state index contributed by atoms with van der Waals surface area (Å²) in [5, 5.41) is 7.46. The predicted molar refractivity (Wildman–Crippen MR) is 92.2 cm³/mol. The Morgan fingerprint density at radius 3 is 2.32 bits per heavy atom. The molecule has 6 nitrogen and oxygen atoms in total. The predicted octanol–water partition coefficient (Wildman–Crippen LogP) is 2.09. The van der Waals surface area contributed by atoms with Crippen LogP contribution in [0.25, 0.3) is 0 Å². The molecule has 0 unspecified atom stereocenters. The Labute approximate surface area is 136 Å². The van der Waals surface area contributed by atoms with E-state index >= 15 is 0 Å². The summed E-state index contributed by atoms with van der Waals surface area (Å²) in [7, 11) is 4.71. The van der Waals surface area contributed by atoms with E-state index in [1.54, 1.807) is 39.7 Å². The maximum atomic E-state index is 5.31. The van der Waals surface area contributed by atoms with E-state index in [9.17, 15) is 0 Å². The molecule has 0 aromatic heterocycles. The van der Waals surface area contributed by atoms with E-state index in [4.69, 9.17) is 26.4 Å². The van der Waals surface area contributed by atoms with Gasteiger partial charge in [-0.05, 0) is 25.2 Å². The van der Waals surface area contributed by atoms with Gasteiger partial charge in [-0.3, -0.25) is 5.43 Å². The zero-order valence-electron chi connectivity index (χ0n) is 13.2. The van der Waals surface area contributed by atoms with E-state index in [0.29, 0.717) is 28.9 Å². The van der Waals surface area contributed by atoms with Crippen molar-refractivity contribution in [2.24, 2.45) is 5.10 Å². The number of benzene rings is 1. The quantitative estimate of drug-likeness (QED) is 0.347. The van der Waals surface area contributed by atoms with Crippen LogP contribution in [0.2, 0.25) is 0 Å². The van der Waals surface area contributed by atoms with E-state index in [1.165, 1.54) is 0 Å². The third-order valence-corrected chi connectivity index (χ3v) is 2.89. The smallest absolute Gasteiger partial charge is 0.187 e. The van der Waals surface area contributed by atoms with Gasteiger partial charge in [-0.25, -0.2) is 0 Å². The Bertz CT molecular complexity index is 573. The second-order valence-electron chi connectivity index (χ2n) is 4.46. The monoisotopic (exact) mass is 323 g/mol. The molecule has 0 radical (unpaired) electrons. The van der Waals surface area contributed by atoms with Gasteiger partial charge in [0.15, 0.2) is 16.6 Å². The van der Waals surface area contributed by atoms with E-state index in [-0.39, 0.29) is 0 Å². The summed E-state index contributed by atoms with van der Waals surface area (Å²) < 4.78 is 15.8. The Hall–Kier alpha value is -2.28. The third-order valence-electron chi connectivity index (χ3n) is 2.66. The van der Waals surface area contributed by atoms with Gasteiger partial charge in [0, 0.05) is 18.2 Å². The fraction of sp³-hybridized carbons (Fsp3) is 0.333. The van der Waals surface area contributed by atoms with Crippen molar-refractivity contribution < 1.29 is 14.2 Å². The molecule has 0 heterocycles. The van der Waals surface area contributed by atoms with E-state index in [1.807, 2.05) is 6.92 Å². The molecule has 0 amide bonds. The topological polar surface area (TPSA) is 64.1 Å². The average Bonchev–Trinajstić information content (AvgIpc) is 2.52. The standard InChI is InChI=1S/C15H21N3O3S/c1-10(2)8-16-15(22)18-17-9-11-6-13(20-4)14(21-5)7-12(11)19-3/h6-7,9H,1,8H2,2-5H3,(H2,16,18,22). The number of nitrogens with one attached hydrogen (secondary N) is 2. The molecule has 22 heavy (non-hydrogen) atoms. The van der Waals surface area contributed by atoms with Crippen LogP contribution in [-0.2, 0) is 0 Å². The SMILES string of the molecule is C=C(C)CNC(=S)NN=Cc1cc(OC)c(OC)cc1OC. The number of methoxy groups -OCH3 is 3. The molecule has 0 bridgehead atoms. The third kappa shape index (κ3) is 5.25. The van der Waals surface area contributed by atoms with Gasteiger partial charge in [0.1, 0.15) is 5.75 Å². The lowest BCUT2D eigenvalue weighted by Crippen LogP contribution is -2.32. The lowest BCUT2D eigenvalue weighted by molar-refractivity contribution is 0.349. The summed E-state index contributed by atoms with van der Waals surface area (Å²) in [5.74, 6) is 1.79. The average molecular weight is 323 g/mol. The summed E-state index contributed by atoms with van der Waals surface area (Å²) in [6.45, 7) is 6.29. The fourth-order valence-electron chi connectivity index (χ4n) is 1.58. The molecule has 0 saturated heterocycles. The minimum absolute atomic E-state index is 0.415. The zero-order chi connectivity index (χ0) is 16.5. The number of hydrogen-bond donors (Lipinski definition) is 2. The maximum absolute atomic E-state index is 5.31. The Balaban J connectivity index is 2.81. The molecular formula is C15H21N3O3S. The van der Waals surface area contributed by atoms with Crippen LogP contribution in [-0.4, -0.2) is 39.2 Å². The van der Waals surface area contributed by atoms with Crippen LogP contribution in [0.5, 0.6) is 17.2 Å². The molecule has 0 spiro atoms. The first-order valence-electron chi connectivity index (χ1n) is 6.53. The maximum Gasteiger partial charge on any atom is 0.187 e. The first-order valence-corrected chi connectivity index (χ1v) is 6.94. The molecule has 0 fully saturated rings. The Morgan fingerprint density at radius 2 is 1.77 bits per heavy atom. The number of thiocarbonyl (C=S) groups is 1. The van der Waals surface area contributed by atoms with Crippen LogP contribution in [0.15, 0.2) is 29.4 Å². The molecule has 0 atom stereocenters. The van der Waals surface area contributed by atoms with E-state index < -0.39 is 0 Å². The summed E-state index contributed by atoms with van der Waals surface area (Å²) in [6.07, 6.45) is 1.59. The highest BCUT2D eigenvalue weighted by molar-refractivity contribution is 7.80. The molecule has 2 N–H and O–H groups in total. The molecule has 0 aliphatic carbocycles. The molecular weight excluding hydrogens is 302 g/mol. The summed E-state index contributed by atoms with van der Waals surface area (Å²) in [6, 6.07) is 3.51. The van der Waals surface area contributed by atoms with E-state index in [0.717, 1.165) is 11.1 Å². The van der Waals surface area contributed by atoms with Crippen molar-refractivity contribution in [1.29, 1.82) is 0 Å². The number of hydrogen-bond acceptors (Lipinski definition) is 5. The lowest BCUT2D eigenvalue weighted by atomic mass is 10.2. The lowest BCUT2D eigenvalue weighted by Gasteiger charge is -2.12. The van der Waals surface area contributed by atoms with Gasteiger partial charge in [-0.2, -0.15) is 5.10 Å². The molecule has 0 saturated carbocycles. The van der Waals surface area contributed by atoms with Gasteiger partial charge in [0.2, 0.25) is 0 Å². The summed E-state index contributed by atoms with van der Waals surface area (Å²) in [5.41, 5.74) is 4.44. The summed E-state index contributed by atoms with van der Waals surface area (Å²) >= 11 is 5.08. The molecule has 1 rings (SSSR count). The number of rotatable bonds is 7. The Kier molecular flexibility index (Phi) is 7.18. The van der Waals surface area contributed by atoms with Crippen LogP contribution in [0.1, 0.15) is 12.5 Å². The van der Waals surface area contributed by atoms with Gasteiger partial charge in [0.25, 0.3) is 0 Å². The molecule has 0 aliphatic rings. The second-order valence-corrected chi connectivity index (χ2v) is 4.87. The van der Waals surface area contributed by atoms with Crippen molar-refractivity contribution in [2.45, 2.75) is 6.92 Å². The van der Waals surface area contributed by atoms with E-state index in [2.05, 4.69) is 22.4 Å². The van der Waals surface area contributed by atoms with Crippen LogP contribution in [0, 0.1) is 0 Å². The van der Waals surface area contributed by atoms with Crippen molar-refractivity contribution in [1.82, 2.24) is 10.7 Å². The highest BCUT2D eigenvalue weighted by Crippen LogP contribution is 2.33. The van der Waals surface area contributed by atoms with Crippen molar-refractivity contribution in [3.8, 4) is 17.2 Å². The number of hydrazone groups is 1. The fourth-order valence-corrected chi connectivity index (χ4v) is 1.71. The molecule has 0 aliphatic heterocycles. The van der Waals surface area contributed by atoms with Crippen LogP contribution in [0.4, 0.5) is 0 Å². The van der Waals surface area contributed by atoms with Crippen molar-refractivity contribution >= 4 is 23.5 Å². The minimum Gasteiger partial charge on any atom is -0.496 e. The first-order chi connectivity index (χ1) is 10.5. The van der Waals surface area contributed by atoms with Crippen molar-refractivity contribution in [3.05, 3.63) is 29.8 Å². The van der Waals surface area contributed by atoms with Gasteiger partial charge in [-0.1, -0.05) is 12.2 Å². The largest absolute Gasteiger partial charge is 0.496 e. The highest BCUT2D eigenvalue weighted by Gasteiger charge is 2.10. The van der Waals surface area contributed by atoms with Crippen molar-refractivity contribution in [2.75, 3.05) is 27.9 Å². The molecule has 1 aromatic rings.